The number of thiophene rings is 1. The molecule has 0 aliphatic carbocycles. The van der Waals surface area contributed by atoms with Crippen LogP contribution in [0.5, 0.6) is 0 Å². The first kappa shape index (κ1) is 19.1. The second kappa shape index (κ2) is 8.26. The number of rotatable bonds is 7. The first-order valence-corrected chi connectivity index (χ1v) is 10.3. The van der Waals surface area contributed by atoms with Crippen LogP contribution >= 0.6 is 11.3 Å². The third-order valence-corrected chi connectivity index (χ3v) is 6.02. The Morgan fingerprint density at radius 3 is 2.40 bits per heavy atom. The molecule has 0 aliphatic heterocycles. The molecule has 1 N–H and O–H groups in total. The predicted octanol–water partition coefficient (Wildman–Crippen LogP) is 2.90. The summed E-state index contributed by atoms with van der Waals surface area (Å²) in [6, 6.07) is 7.82. The molecule has 1 amide bonds. The zero-order valence-electron chi connectivity index (χ0n) is 13.9. The lowest BCUT2D eigenvalue weighted by Gasteiger charge is -2.07. The molecule has 0 aliphatic rings. The van der Waals surface area contributed by atoms with Gasteiger partial charge in [0.1, 0.15) is 5.00 Å². The Hall–Kier alpha value is -2.19. The van der Waals surface area contributed by atoms with Crippen LogP contribution in [0.4, 0.5) is 5.00 Å². The Bertz CT molecular complexity index is 853. The van der Waals surface area contributed by atoms with Crippen LogP contribution in [0.25, 0.3) is 0 Å². The van der Waals surface area contributed by atoms with Gasteiger partial charge in [-0.2, -0.15) is 0 Å². The molecule has 2 aromatic rings. The van der Waals surface area contributed by atoms with Crippen molar-refractivity contribution in [3.05, 3.63) is 46.8 Å². The van der Waals surface area contributed by atoms with E-state index in [2.05, 4.69) is 5.32 Å². The summed E-state index contributed by atoms with van der Waals surface area (Å²) in [7, 11) is -3.26. The summed E-state index contributed by atoms with van der Waals surface area (Å²) in [5.74, 6) is -0.741. The van der Waals surface area contributed by atoms with Gasteiger partial charge in [-0.15, -0.1) is 11.3 Å². The molecule has 0 spiro atoms. The smallest absolute Gasteiger partial charge is 0.341 e. The minimum atomic E-state index is -3.26. The van der Waals surface area contributed by atoms with Crippen molar-refractivity contribution < 1.29 is 22.7 Å². The maximum atomic E-state index is 12.2. The van der Waals surface area contributed by atoms with Crippen molar-refractivity contribution in [2.45, 2.75) is 25.2 Å². The van der Waals surface area contributed by atoms with Crippen LogP contribution in [-0.2, 0) is 25.8 Å². The monoisotopic (exact) mass is 381 g/mol. The average molecular weight is 381 g/mol. The lowest BCUT2D eigenvalue weighted by Crippen LogP contribution is -2.16. The fourth-order valence-electron chi connectivity index (χ4n) is 2.11. The molecule has 1 aromatic carbocycles. The number of nitrogens with one attached hydrogen (secondary N) is 1. The van der Waals surface area contributed by atoms with Crippen molar-refractivity contribution >= 4 is 38.1 Å². The number of anilines is 1. The highest BCUT2D eigenvalue weighted by Gasteiger charge is 2.16. The Balaban J connectivity index is 2.04. The SMILES string of the molecule is CCOC(=O)c1ccsc1NC(=O)Cc1ccc(S(=O)(=O)CC)cc1. The molecular weight excluding hydrogens is 362 g/mol. The lowest BCUT2D eigenvalue weighted by atomic mass is 10.1. The fourth-order valence-corrected chi connectivity index (χ4v) is 3.79. The minimum absolute atomic E-state index is 0.0296. The molecule has 0 atom stereocenters. The number of hydrogen-bond donors (Lipinski definition) is 1. The largest absolute Gasteiger partial charge is 0.462 e. The van der Waals surface area contributed by atoms with E-state index in [0.717, 1.165) is 0 Å². The highest BCUT2D eigenvalue weighted by Crippen LogP contribution is 2.24. The molecule has 134 valence electrons. The van der Waals surface area contributed by atoms with Gasteiger partial charge in [0.15, 0.2) is 9.84 Å². The summed E-state index contributed by atoms with van der Waals surface area (Å²) in [6.07, 6.45) is 0.0760. The topological polar surface area (TPSA) is 89.5 Å². The van der Waals surface area contributed by atoms with E-state index in [-0.39, 0.29) is 29.6 Å². The number of sulfone groups is 1. The van der Waals surface area contributed by atoms with Gasteiger partial charge in [0.25, 0.3) is 0 Å². The number of amides is 1. The average Bonchev–Trinajstić information content (AvgIpc) is 3.03. The molecule has 0 fully saturated rings. The van der Waals surface area contributed by atoms with Crippen molar-refractivity contribution in [2.75, 3.05) is 17.7 Å². The summed E-state index contributed by atoms with van der Waals surface area (Å²) in [4.78, 5) is 24.2. The van der Waals surface area contributed by atoms with Gasteiger partial charge in [0.05, 0.1) is 29.2 Å². The van der Waals surface area contributed by atoms with E-state index in [1.807, 2.05) is 0 Å². The fraction of sp³-hybridized carbons (Fsp3) is 0.294. The molecule has 0 bridgehead atoms. The van der Waals surface area contributed by atoms with E-state index in [1.165, 1.54) is 23.5 Å². The summed E-state index contributed by atoms with van der Waals surface area (Å²) < 4.78 is 28.5. The highest BCUT2D eigenvalue weighted by atomic mass is 32.2. The Morgan fingerprint density at radius 1 is 1.12 bits per heavy atom. The predicted molar refractivity (Wildman–Crippen MR) is 96.8 cm³/mol. The normalized spacial score (nSPS) is 11.1. The second-order valence-corrected chi connectivity index (χ2v) is 8.35. The van der Waals surface area contributed by atoms with Crippen LogP contribution in [-0.4, -0.2) is 32.7 Å². The van der Waals surface area contributed by atoms with Crippen molar-refractivity contribution in [1.29, 1.82) is 0 Å². The first-order chi connectivity index (χ1) is 11.9. The zero-order valence-corrected chi connectivity index (χ0v) is 15.6. The van der Waals surface area contributed by atoms with Crippen LogP contribution in [0.15, 0.2) is 40.6 Å². The minimum Gasteiger partial charge on any atom is -0.462 e. The summed E-state index contributed by atoms with van der Waals surface area (Å²) >= 11 is 1.24. The number of carbonyl (C=O) groups excluding carboxylic acids is 2. The maximum absolute atomic E-state index is 12.2. The van der Waals surface area contributed by atoms with Crippen LogP contribution in [0.2, 0.25) is 0 Å². The van der Waals surface area contributed by atoms with Gasteiger partial charge in [-0.1, -0.05) is 19.1 Å². The number of hydrogen-bond acceptors (Lipinski definition) is 6. The van der Waals surface area contributed by atoms with Gasteiger partial charge in [-0.3, -0.25) is 4.79 Å². The molecule has 0 saturated carbocycles. The van der Waals surface area contributed by atoms with Gasteiger partial charge in [-0.05, 0) is 36.1 Å². The number of benzene rings is 1. The molecular formula is C17H19NO5S2. The van der Waals surface area contributed by atoms with E-state index in [4.69, 9.17) is 4.74 Å². The molecule has 0 unspecified atom stereocenters. The molecule has 0 radical (unpaired) electrons. The highest BCUT2D eigenvalue weighted by molar-refractivity contribution is 7.91. The summed E-state index contributed by atoms with van der Waals surface area (Å²) in [6.45, 7) is 3.55. The number of esters is 1. The van der Waals surface area contributed by atoms with Crippen LogP contribution in [0.1, 0.15) is 29.8 Å². The van der Waals surface area contributed by atoms with Gasteiger partial charge >= 0.3 is 5.97 Å². The second-order valence-electron chi connectivity index (χ2n) is 5.16. The van der Waals surface area contributed by atoms with E-state index in [9.17, 15) is 18.0 Å². The van der Waals surface area contributed by atoms with Crippen molar-refractivity contribution in [1.82, 2.24) is 0 Å². The molecule has 1 heterocycles. The third-order valence-electron chi connectivity index (χ3n) is 3.44. The standard InChI is InChI=1S/C17H19NO5S2/c1-3-23-17(20)14-9-10-24-16(14)18-15(19)11-12-5-7-13(8-6-12)25(21,22)4-2/h5-10H,3-4,11H2,1-2H3,(H,18,19). The molecule has 1 aromatic heterocycles. The Labute approximate surface area is 150 Å². The van der Waals surface area contributed by atoms with Crippen LogP contribution in [0.3, 0.4) is 0 Å². The van der Waals surface area contributed by atoms with Crippen molar-refractivity contribution in [3.63, 3.8) is 0 Å². The molecule has 8 heteroatoms. The molecule has 25 heavy (non-hydrogen) atoms. The van der Waals surface area contributed by atoms with E-state index in [1.54, 1.807) is 37.4 Å². The number of ether oxygens (including phenoxy) is 1. The Morgan fingerprint density at radius 2 is 1.80 bits per heavy atom. The van der Waals surface area contributed by atoms with Crippen molar-refractivity contribution in [2.24, 2.45) is 0 Å². The van der Waals surface area contributed by atoms with Gasteiger partial charge in [0, 0.05) is 0 Å². The summed E-state index contributed by atoms with van der Waals surface area (Å²) in [5, 5.41) is 4.83. The molecule has 6 nitrogen and oxygen atoms in total. The van der Waals surface area contributed by atoms with Gasteiger partial charge in [0.2, 0.25) is 5.91 Å². The van der Waals surface area contributed by atoms with Crippen molar-refractivity contribution in [3.8, 4) is 0 Å². The lowest BCUT2D eigenvalue weighted by molar-refractivity contribution is -0.115. The molecule has 2 rings (SSSR count). The third kappa shape index (κ3) is 4.90. The maximum Gasteiger partial charge on any atom is 0.341 e. The molecule has 0 saturated heterocycles. The first-order valence-electron chi connectivity index (χ1n) is 7.73. The van der Waals surface area contributed by atoms with Crippen LogP contribution < -0.4 is 5.32 Å². The zero-order chi connectivity index (χ0) is 18.4. The Kier molecular flexibility index (Phi) is 6.33. The van der Waals surface area contributed by atoms with E-state index in [0.29, 0.717) is 16.1 Å². The summed E-state index contributed by atoms with van der Waals surface area (Å²) in [5.41, 5.74) is 1.01. The van der Waals surface area contributed by atoms with Gasteiger partial charge in [-0.25, -0.2) is 13.2 Å². The van der Waals surface area contributed by atoms with E-state index >= 15 is 0 Å². The van der Waals surface area contributed by atoms with Gasteiger partial charge < -0.3 is 10.1 Å². The quantitative estimate of drug-likeness (QED) is 0.745. The number of carbonyl (C=O) groups is 2. The van der Waals surface area contributed by atoms with E-state index < -0.39 is 15.8 Å². The van der Waals surface area contributed by atoms with Crippen LogP contribution in [0, 0.1) is 0 Å².